The van der Waals surface area contributed by atoms with Crippen LogP contribution in [0.4, 0.5) is 0 Å². The Balaban J connectivity index is 1.44. The molecule has 3 atom stereocenters. The minimum atomic E-state index is -0.825. The fourth-order valence-corrected chi connectivity index (χ4v) is 7.17. The van der Waals surface area contributed by atoms with E-state index in [2.05, 4.69) is 31.2 Å². The topological polar surface area (TPSA) is 47.9 Å². The summed E-state index contributed by atoms with van der Waals surface area (Å²) < 4.78 is 20.1. The predicted molar refractivity (Wildman–Crippen MR) is 127 cm³/mol. The normalized spacial score (nSPS) is 27.2. The van der Waals surface area contributed by atoms with Crippen molar-refractivity contribution in [3.05, 3.63) is 71.8 Å². The number of quaternary nitrogens is 1. The van der Waals surface area contributed by atoms with Crippen molar-refractivity contribution in [3.63, 3.8) is 0 Å². The molecular formula is C28H38NO4+. The van der Waals surface area contributed by atoms with Crippen LogP contribution in [-0.2, 0) is 19.8 Å². The molecule has 33 heavy (non-hydrogen) atoms. The third-order valence-corrected chi connectivity index (χ3v) is 8.59. The van der Waals surface area contributed by atoms with Gasteiger partial charge in [-0.25, -0.2) is 0 Å². The van der Waals surface area contributed by atoms with Gasteiger partial charge in [0.2, 0.25) is 0 Å². The summed E-state index contributed by atoms with van der Waals surface area (Å²) in [5.41, 5.74) is 1.24. The molecule has 5 heteroatoms. The summed E-state index contributed by atoms with van der Waals surface area (Å²) in [6.45, 7) is 4.49. The first-order valence-corrected chi connectivity index (χ1v) is 12.6. The molecule has 5 rings (SSSR count). The Kier molecular flexibility index (Phi) is 6.86. The lowest BCUT2D eigenvalue weighted by Crippen LogP contribution is -2.60. The fourth-order valence-electron chi connectivity index (χ4n) is 7.17. The number of benzene rings is 2. The summed E-state index contributed by atoms with van der Waals surface area (Å²) in [4.78, 5) is 0. The van der Waals surface area contributed by atoms with Gasteiger partial charge in [-0.05, 0) is 18.1 Å². The van der Waals surface area contributed by atoms with Crippen molar-refractivity contribution >= 4 is 0 Å². The molecule has 0 amide bonds. The van der Waals surface area contributed by atoms with Crippen LogP contribution in [0.2, 0.25) is 0 Å². The van der Waals surface area contributed by atoms with Gasteiger partial charge in [0.1, 0.15) is 12.4 Å². The number of hydrogen-bond donors (Lipinski definition) is 1. The molecule has 2 aromatic carbocycles. The maximum atomic E-state index is 9.23. The number of ether oxygens (including phenoxy) is 3. The van der Waals surface area contributed by atoms with Gasteiger partial charge in [-0.1, -0.05) is 60.7 Å². The van der Waals surface area contributed by atoms with Crippen LogP contribution >= 0.6 is 0 Å². The van der Waals surface area contributed by atoms with Crippen molar-refractivity contribution in [1.82, 2.24) is 0 Å². The van der Waals surface area contributed by atoms with Crippen molar-refractivity contribution in [2.24, 2.45) is 0 Å². The van der Waals surface area contributed by atoms with Crippen LogP contribution in [0.1, 0.15) is 56.6 Å². The van der Waals surface area contributed by atoms with Gasteiger partial charge in [-0.3, -0.25) is 0 Å². The summed E-state index contributed by atoms with van der Waals surface area (Å²) in [6.07, 6.45) is 7.79. The molecule has 0 aliphatic carbocycles. The number of rotatable bonds is 9. The molecule has 3 unspecified atom stereocenters. The maximum Gasteiger partial charge on any atom is 0.151 e. The van der Waals surface area contributed by atoms with E-state index in [4.69, 9.17) is 14.2 Å². The zero-order valence-electron chi connectivity index (χ0n) is 19.8. The highest BCUT2D eigenvalue weighted by Crippen LogP contribution is 2.47. The number of piperidine rings is 1. The second kappa shape index (κ2) is 9.85. The Morgan fingerprint density at radius 1 is 0.909 bits per heavy atom. The van der Waals surface area contributed by atoms with Crippen LogP contribution < -0.4 is 0 Å². The van der Waals surface area contributed by atoms with Crippen LogP contribution in [0.25, 0.3) is 0 Å². The molecular weight excluding hydrogens is 414 g/mol. The highest BCUT2D eigenvalue weighted by molar-refractivity contribution is 5.38. The van der Waals surface area contributed by atoms with Crippen LogP contribution in [0, 0.1) is 0 Å². The van der Waals surface area contributed by atoms with Crippen molar-refractivity contribution in [1.29, 1.82) is 0 Å². The molecule has 1 spiro atoms. The van der Waals surface area contributed by atoms with E-state index in [9.17, 15) is 5.11 Å². The zero-order valence-corrected chi connectivity index (χ0v) is 19.8. The van der Waals surface area contributed by atoms with E-state index in [0.717, 1.165) is 36.1 Å². The van der Waals surface area contributed by atoms with Gasteiger partial charge >= 0.3 is 0 Å². The minimum Gasteiger partial charge on any atom is -0.371 e. The van der Waals surface area contributed by atoms with Gasteiger partial charge in [0, 0.05) is 38.5 Å². The first-order valence-electron chi connectivity index (χ1n) is 12.6. The van der Waals surface area contributed by atoms with E-state index >= 15 is 0 Å². The van der Waals surface area contributed by atoms with Gasteiger partial charge in [-0.15, -0.1) is 0 Å². The van der Waals surface area contributed by atoms with Gasteiger partial charge in [0.25, 0.3) is 0 Å². The molecule has 3 aliphatic rings. The first kappa shape index (κ1) is 23.0. The Labute approximate surface area is 197 Å². The van der Waals surface area contributed by atoms with Crippen LogP contribution in [0.5, 0.6) is 0 Å². The molecule has 3 aliphatic heterocycles. The standard InChI is InChI=1S/C28H38NO4/c1-22(33-27-18-25-14-15-26(19-27)29(25)16-8-9-17-29)28(32-21-31-20-30,23-10-4-2-5-11-23)24-12-6-3-7-13-24/h2-7,10-13,22,25-27,30H,8-9,14-21H2,1H3/q+1. The van der Waals surface area contributed by atoms with Crippen molar-refractivity contribution in [2.45, 2.75) is 75.3 Å². The van der Waals surface area contributed by atoms with Gasteiger partial charge in [-0.2, -0.15) is 0 Å². The van der Waals surface area contributed by atoms with E-state index in [0.29, 0.717) is 0 Å². The third-order valence-electron chi connectivity index (χ3n) is 8.59. The Hall–Kier alpha value is -1.76. The zero-order chi connectivity index (χ0) is 22.7. The molecule has 0 aromatic heterocycles. The lowest BCUT2D eigenvalue weighted by Gasteiger charge is -2.48. The number of aliphatic hydroxyl groups is 1. The second-order valence-electron chi connectivity index (χ2n) is 10.1. The Bertz CT molecular complexity index is 828. The van der Waals surface area contributed by atoms with Crippen LogP contribution in [0.3, 0.4) is 0 Å². The van der Waals surface area contributed by atoms with Crippen molar-refractivity contribution < 1.29 is 23.8 Å². The lowest BCUT2D eigenvalue weighted by atomic mass is 9.81. The molecule has 5 nitrogen and oxygen atoms in total. The largest absolute Gasteiger partial charge is 0.371 e. The summed E-state index contributed by atoms with van der Waals surface area (Å²) in [5.74, 6) is 0. The quantitative estimate of drug-likeness (QED) is 0.344. The molecule has 3 fully saturated rings. The van der Waals surface area contributed by atoms with E-state index in [-0.39, 0.29) is 25.8 Å². The molecule has 3 heterocycles. The Morgan fingerprint density at radius 2 is 1.45 bits per heavy atom. The molecule has 0 radical (unpaired) electrons. The molecule has 0 saturated carbocycles. The maximum absolute atomic E-state index is 9.23. The molecule has 178 valence electrons. The Morgan fingerprint density at radius 3 is 1.97 bits per heavy atom. The lowest BCUT2D eigenvalue weighted by molar-refractivity contribution is -0.956. The summed E-state index contributed by atoms with van der Waals surface area (Å²) in [7, 11) is 0. The van der Waals surface area contributed by atoms with E-state index in [1.807, 2.05) is 36.4 Å². The SMILES string of the molecule is CC(OC1CC2CCC(C1)[N+]21CCCC1)C(OCOCO)(c1ccccc1)c1ccccc1. The highest BCUT2D eigenvalue weighted by Gasteiger charge is 2.56. The third kappa shape index (κ3) is 4.15. The van der Waals surface area contributed by atoms with Crippen molar-refractivity contribution in [3.8, 4) is 0 Å². The predicted octanol–water partition coefficient (Wildman–Crippen LogP) is 4.58. The monoisotopic (exact) mass is 452 g/mol. The van der Waals surface area contributed by atoms with Gasteiger partial charge in [0.15, 0.2) is 6.79 Å². The van der Waals surface area contributed by atoms with Crippen molar-refractivity contribution in [2.75, 3.05) is 26.7 Å². The average molecular weight is 453 g/mol. The fraction of sp³-hybridized carbons (Fsp3) is 0.571. The summed E-state index contributed by atoms with van der Waals surface area (Å²) in [5, 5.41) is 9.23. The second-order valence-corrected chi connectivity index (χ2v) is 10.1. The highest BCUT2D eigenvalue weighted by atomic mass is 16.7. The summed E-state index contributed by atoms with van der Waals surface area (Å²) in [6, 6.07) is 22.1. The number of nitrogens with zero attached hydrogens (tertiary/aromatic N) is 1. The van der Waals surface area contributed by atoms with E-state index < -0.39 is 5.60 Å². The number of hydrogen-bond acceptors (Lipinski definition) is 4. The van der Waals surface area contributed by atoms with Gasteiger partial charge < -0.3 is 23.8 Å². The minimum absolute atomic E-state index is 0.0100. The number of aliphatic hydroxyl groups excluding tert-OH is 1. The van der Waals surface area contributed by atoms with Crippen LogP contribution in [-0.4, -0.2) is 60.6 Å². The molecule has 3 saturated heterocycles. The first-order chi connectivity index (χ1) is 16.2. The van der Waals surface area contributed by atoms with Crippen LogP contribution in [0.15, 0.2) is 60.7 Å². The molecule has 2 aromatic rings. The summed E-state index contributed by atoms with van der Waals surface area (Å²) >= 11 is 0. The average Bonchev–Trinajstić information content (AvgIpc) is 3.39. The van der Waals surface area contributed by atoms with Gasteiger partial charge in [0.05, 0.1) is 37.4 Å². The molecule has 2 bridgehead atoms. The smallest absolute Gasteiger partial charge is 0.151 e. The van der Waals surface area contributed by atoms with E-state index in [1.54, 1.807) is 0 Å². The van der Waals surface area contributed by atoms with E-state index in [1.165, 1.54) is 43.3 Å². The molecule has 1 N–H and O–H groups in total.